The van der Waals surface area contributed by atoms with Crippen molar-refractivity contribution in [3.63, 3.8) is 0 Å². The molecule has 2 heterocycles. The number of rotatable bonds is 3. The van der Waals surface area contributed by atoms with Gasteiger partial charge in [-0.15, -0.1) is 0 Å². The number of carboxylic acid groups (broad SMARTS) is 1. The Balaban J connectivity index is 1.75. The summed E-state index contributed by atoms with van der Waals surface area (Å²) in [6.07, 6.45) is 2.76. The molecule has 1 aromatic heterocycles. The predicted octanol–water partition coefficient (Wildman–Crippen LogP) is 3.43. The summed E-state index contributed by atoms with van der Waals surface area (Å²) in [6.45, 7) is 1.76. The molecule has 3 rings (SSSR count). The molecule has 0 aliphatic carbocycles. The maximum Gasteiger partial charge on any atom is 0.335 e. The molecular formula is C16H15ClN2O2. The Kier molecular flexibility index (Phi) is 3.80. The van der Waals surface area contributed by atoms with Gasteiger partial charge in [-0.2, -0.15) is 0 Å². The maximum atomic E-state index is 10.9. The normalized spacial score (nSPS) is 18.0. The number of halogens is 1. The van der Waals surface area contributed by atoms with Gasteiger partial charge < -0.3 is 10.0 Å². The first-order valence-electron chi connectivity index (χ1n) is 6.84. The Bertz CT molecular complexity index is 658. The number of benzene rings is 1. The number of aromatic nitrogens is 1. The van der Waals surface area contributed by atoms with Crippen molar-refractivity contribution in [3.8, 4) is 0 Å². The number of hydrogen-bond acceptors (Lipinski definition) is 3. The van der Waals surface area contributed by atoms with E-state index >= 15 is 0 Å². The summed E-state index contributed by atoms with van der Waals surface area (Å²) in [5.41, 5.74) is 1.48. The van der Waals surface area contributed by atoms with Gasteiger partial charge in [-0.05, 0) is 36.2 Å². The molecule has 0 spiro atoms. The fraction of sp³-hybridized carbons (Fsp3) is 0.250. The molecule has 0 radical (unpaired) electrons. The van der Waals surface area contributed by atoms with Gasteiger partial charge in [-0.25, -0.2) is 9.78 Å². The molecule has 1 aliphatic rings. The number of nitrogens with zero attached hydrogens (tertiary/aromatic N) is 2. The Morgan fingerprint density at radius 1 is 1.29 bits per heavy atom. The molecule has 0 unspecified atom stereocenters. The summed E-state index contributed by atoms with van der Waals surface area (Å²) in [5.74, 6) is 0.310. The third kappa shape index (κ3) is 2.85. The van der Waals surface area contributed by atoms with E-state index in [4.69, 9.17) is 16.7 Å². The average Bonchev–Trinajstić information content (AvgIpc) is 2.97. The molecule has 2 aromatic rings. The van der Waals surface area contributed by atoms with E-state index in [2.05, 4.69) is 9.88 Å². The van der Waals surface area contributed by atoms with Crippen LogP contribution in [-0.4, -0.2) is 29.1 Å². The molecular weight excluding hydrogens is 288 g/mol. The van der Waals surface area contributed by atoms with Gasteiger partial charge in [0.1, 0.15) is 5.82 Å². The first kappa shape index (κ1) is 13.9. The molecule has 5 heteroatoms. The zero-order valence-corrected chi connectivity index (χ0v) is 12.1. The van der Waals surface area contributed by atoms with Gasteiger partial charge in [0.15, 0.2) is 0 Å². The molecule has 1 fully saturated rings. The highest BCUT2D eigenvalue weighted by Crippen LogP contribution is 2.32. The molecule has 1 aliphatic heterocycles. The molecule has 1 aromatic carbocycles. The highest BCUT2D eigenvalue weighted by Gasteiger charge is 2.26. The topological polar surface area (TPSA) is 53.4 Å². The minimum atomic E-state index is -0.894. The van der Waals surface area contributed by atoms with E-state index in [1.807, 2.05) is 24.3 Å². The zero-order valence-electron chi connectivity index (χ0n) is 11.4. The minimum absolute atomic E-state index is 0.321. The number of carboxylic acids is 1. The summed E-state index contributed by atoms with van der Waals surface area (Å²) < 4.78 is 0. The molecule has 0 saturated carbocycles. The third-order valence-corrected chi connectivity index (χ3v) is 4.15. The van der Waals surface area contributed by atoms with Crippen molar-refractivity contribution in [1.29, 1.82) is 0 Å². The smallest absolute Gasteiger partial charge is 0.335 e. The predicted molar refractivity (Wildman–Crippen MR) is 82.2 cm³/mol. The monoisotopic (exact) mass is 302 g/mol. The van der Waals surface area contributed by atoms with Gasteiger partial charge >= 0.3 is 5.97 Å². The fourth-order valence-corrected chi connectivity index (χ4v) is 2.97. The first-order valence-corrected chi connectivity index (χ1v) is 7.21. The maximum absolute atomic E-state index is 10.9. The second-order valence-electron chi connectivity index (χ2n) is 5.17. The van der Waals surface area contributed by atoms with E-state index in [0.717, 1.165) is 30.9 Å². The summed E-state index contributed by atoms with van der Waals surface area (Å²) in [7, 11) is 0. The highest BCUT2D eigenvalue weighted by molar-refractivity contribution is 6.32. The van der Waals surface area contributed by atoms with Crippen LogP contribution in [0.1, 0.15) is 28.3 Å². The quantitative estimate of drug-likeness (QED) is 0.944. The Morgan fingerprint density at radius 3 is 2.71 bits per heavy atom. The van der Waals surface area contributed by atoms with Crippen molar-refractivity contribution >= 4 is 23.4 Å². The lowest BCUT2D eigenvalue weighted by atomic mass is 9.97. The first-order chi connectivity index (χ1) is 10.1. The summed E-state index contributed by atoms with van der Waals surface area (Å²) in [4.78, 5) is 17.4. The van der Waals surface area contributed by atoms with Gasteiger partial charge in [0.25, 0.3) is 0 Å². The van der Waals surface area contributed by atoms with Crippen molar-refractivity contribution in [2.24, 2.45) is 0 Å². The van der Waals surface area contributed by atoms with Crippen LogP contribution >= 0.6 is 11.6 Å². The molecule has 0 amide bonds. The van der Waals surface area contributed by atoms with Crippen LogP contribution in [0, 0.1) is 0 Å². The molecule has 21 heavy (non-hydrogen) atoms. The third-order valence-electron chi connectivity index (χ3n) is 3.86. The molecule has 0 bridgehead atoms. The molecule has 1 atom stereocenters. The van der Waals surface area contributed by atoms with Crippen molar-refractivity contribution in [2.45, 2.75) is 12.3 Å². The van der Waals surface area contributed by atoms with Crippen LogP contribution in [0.5, 0.6) is 0 Å². The van der Waals surface area contributed by atoms with E-state index in [0.29, 0.717) is 16.5 Å². The second kappa shape index (κ2) is 5.74. The van der Waals surface area contributed by atoms with E-state index < -0.39 is 5.97 Å². The fourth-order valence-electron chi connectivity index (χ4n) is 2.73. The van der Waals surface area contributed by atoms with Gasteiger partial charge in [-0.1, -0.05) is 23.7 Å². The molecule has 1 N–H and O–H groups in total. The Morgan fingerprint density at radius 2 is 2.05 bits per heavy atom. The number of aromatic carboxylic acids is 1. The SMILES string of the molecule is O=C(O)c1ccc([C@@H]2CCN(c3ncccc3Cl)C2)cc1. The van der Waals surface area contributed by atoms with E-state index in [-0.39, 0.29) is 0 Å². The van der Waals surface area contributed by atoms with E-state index in [1.165, 1.54) is 0 Å². The van der Waals surface area contributed by atoms with Crippen molar-refractivity contribution in [3.05, 3.63) is 58.7 Å². The summed E-state index contributed by atoms with van der Waals surface area (Å²) >= 11 is 6.18. The van der Waals surface area contributed by atoms with Gasteiger partial charge in [0.2, 0.25) is 0 Å². The molecule has 108 valence electrons. The van der Waals surface area contributed by atoms with Crippen LogP contribution in [0.15, 0.2) is 42.6 Å². The van der Waals surface area contributed by atoms with E-state index in [9.17, 15) is 4.79 Å². The van der Waals surface area contributed by atoms with Crippen LogP contribution in [0.25, 0.3) is 0 Å². The van der Waals surface area contributed by atoms with Crippen LogP contribution in [0.2, 0.25) is 5.02 Å². The Hall–Kier alpha value is -2.07. The van der Waals surface area contributed by atoms with Crippen molar-refractivity contribution in [1.82, 2.24) is 4.98 Å². The lowest BCUT2D eigenvalue weighted by Gasteiger charge is -2.18. The lowest BCUT2D eigenvalue weighted by Crippen LogP contribution is -2.20. The lowest BCUT2D eigenvalue weighted by molar-refractivity contribution is 0.0697. The minimum Gasteiger partial charge on any atom is -0.478 e. The number of carbonyl (C=O) groups is 1. The summed E-state index contributed by atoms with van der Waals surface area (Å²) in [6, 6.07) is 10.8. The molecule has 4 nitrogen and oxygen atoms in total. The van der Waals surface area contributed by atoms with Gasteiger partial charge in [0, 0.05) is 25.2 Å². The second-order valence-corrected chi connectivity index (χ2v) is 5.57. The number of pyridine rings is 1. The van der Waals surface area contributed by atoms with Crippen LogP contribution in [-0.2, 0) is 0 Å². The Labute approximate surface area is 128 Å². The van der Waals surface area contributed by atoms with Crippen molar-refractivity contribution < 1.29 is 9.90 Å². The van der Waals surface area contributed by atoms with Crippen molar-refractivity contribution in [2.75, 3.05) is 18.0 Å². The zero-order chi connectivity index (χ0) is 14.8. The number of anilines is 1. The van der Waals surface area contributed by atoms with Gasteiger partial charge in [0.05, 0.1) is 10.6 Å². The van der Waals surface area contributed by atoms with Gasteiger partial charge in [-0.3, -0.25) is 0 Å². The van der Waals surface area contributed by atoms with E-state index in [1.54, 1.807) is 18.3 Å². The van der Waals surface area contributed by atoms with Crippen LogP contribution in [0.4, 0.5) is 5.82 Å². The standard InChI is InChI=1S/C16H15ClN2O2/c17-14-2-1-8-18-15(14)19-9-7-13(10-19)11-3-5-12(6-4-11)16(20)21/h1-6,8,13H,7,9-10H2,(H,20,21)/t13-/m1/s1. The average molecular weight is 303 g/mol. The largest absolute Gasteiger partial charge is 0.478 e. The highest BCUT2D eigenvalue weighted by atomic mass is 35.5. The van der Waals surface area contributed by atoms with Crippen LogP contribution < -0.4 is 4.90 Å². The molecule has 1 saturated heterocycles. The van der Waals surface area contributed by atoms with Crippen LogP contribution in [0.3, 0.4) is 0 Å². The summed E-state index contributed by atoms with van der Waals surface area (Å²) in [5, 5.41) is 9.60. The number of hydrogen-bond donors (Lipinski definition) is 1.